The van der Waals surface area contributed by atoms with E-state index < -0.39 is 0 Å². The number of carbonyl (C=O) groups is 1. The fourth-order valence-corrected chi connectivity index (χ4v) is 1.76. The van der Waals surface area contributed by atoms with Crippen LogP contribution in [-0.4, -0.2) is 35.1 Å². The van der Waals surface area contributed by atoms with Gasteiger partial charge in [0.1, 0.15) is 18.0 Å². The van der Waals surface area contributed by atoms with E-state index in [1.54, 1.807) is 31.5 Å². The van der Waals surface area contributed by atoms with Crippen molar-refractivity contribution in [2.45, 2.75) is 13.1 Å². The van der Waals surface area contributed by atoms with Crippen molar-refractivity contribution < 1.29 is 14.3 Å². The first-order chi connectivity index (χ1) is 10.2. The number of amides is 1. The Morgan fingerprint density at radius 1 is 1.38 bits per heavy atom. The molecule has 1 amide bonds. The molecule has 2 rings (SSSR count). The zero-order valence-corrected chi connectivity index (χ0v) is 11.9. The number of ether oxygens (including phenoxy) is 2. The van der Waals surface area contributed by atoms with Crippen molar-refractivity contribution in [3.05, 3.63) is 30.1 Å². The van der Waals surface area contributed by atoms with E-state index in [2.05, 4.69) is 15.6 Å². The second kappa shape index (κ2) is 6.71. The van der Waals surface area contributed by atoms with Gasteiger partial charge >= 0.3 is 0 Å². The van der Waals surface area contributed by atoms with Crippen LogP contribution in [0.5, 0.6) is 11.5 Å². The molecule has 0 saturated heterocycles. The number of hydrogen-bond acceptors (Lipinski definition) is 6. The Bertz CT molecular complexity index is 626. The fraction of sp³-hybridized carbons (Fsp3) is 0.308. The Morgan fingerprint density at radius 2 is 2.19 bits per heavy atom. The van der Waals surface area contributed by atoms with Gasteiger partial charge in [0.05, 0.1) is 31.8 Å². The zero-order chi connectivity index (χ0) is 15.2. The third-order valence-electron chi connectivity index (χ3n) is 2.78. The van der Waals surface area contributed by atoms with E-state index >= 15 is 0 Å². The molecule has 1 aromatic carbocycles. The predicted molar refractivity (Wildman–Crippen MR) is 76.1 cm³/mol. The molecule has 0 saturated carbocycles. The van der Waals surface area contributed by atoms with E-state index in [1.807, 2.05) is 0 Å². The highest BCUT2D eigenvalue weighted by atomic mass is 16.5. The molecule has 0 fully saturated rings. The van der Waals surface area contributed by atoms with E-state index in [-0.39, 0.29) is 19.0 Å². The molecule has 21 heavy (non-hydrogen) atoms. The van der Waals surface area contributed by atoms with Gasteiger partial charge in [-0.1, -0.05) is 5.21 Å². The lowest BCUT2D eigenvalue weighted by molar-refractivity contribution is -0.116. The largest absolute Gasteiger partial charge is 0.497 e. The molecule has 112 valence electrons. The number of hydrogen-bond donors (Lipinski definition) is 2. The maximum Gasteiger partial charge on any atom is 0.246 e. The van der Waals surface area contributed by atoms with Crippen molar-refractivity contribution in [1.82, 2.24) is 15.0 Å². The third-order valence-corrected chi connectivity index (χ3v) is 2.78. The van der Waals surface area contributed by atoms with Gasteiger partial charge in [-0.3, -0.25) is 4.79 Å². The Morgan fingerprint density at radius 3 is 2.81 bits per heavy atom. The van der Waals surface area contributed by atoms with Crippen LogP contribution in [0.4, 0.5) is 5.69 Å². The van der Waals surface area contributed by atoms with Crippen LogP contribution < -0.4 is 20.5 Å². The summed E-state index contributed by atoms with van der Waals surface area (Å²) in [5, 5.41) is 10.4. The van der Waals surface area contributed by atoms with Gasteiger partial charge in [-0.15, -0.1) is 5.10 Å². The highest BCUT2D eigenvalue weighted by Crippen LogP contribution is 2.28. The molecule has 0 aliphatic heterocycles. The highest BCUT2D eigenvalue weighted by molar-refractivity contribution is 5.92. The Labute approximate surface area is 121 Å². The van der Waals surface area contributed by atoms with Crippen molar-refractivity contribution in [2.24, 2.45) is 5.73 Å². The van der Waals surface area contributed by atoms with Crippen LogP contribution in [0.1, 0.15) is 5.69 Å². The second-order valence-corrected chi connectivity index (χ2v) is 4.23. The summed E-state index contributed by atoms with van der Waals surface area (Å²) in [5.41, 5.74) is 6.60. The average molecular weight is 291 g/mol. The molecule has 1 aromatic heterocycles. The number of aromatic nitrogens is 3. The molecule has 0 aliphatic carbocycles. The van der Waals surface area contributed by atoms with Crippen LogP contribution in [0.25, 0.3) is 0 Å². The molecule has 0 unspecified atom stereocenters. The molecule has 2 aromatic rings. The number of benzene rings is 1. The normalized spacial score (nSPS) is 10.2. The summed E-state index contributed by atoms with van der Waals surface area (Å²) >= 11 is 0. The van der Waals surface area contributed by atoms with Crippen molar-refractivity contribution >= 4 is 11.6 Å². The van der Waals surface area contributed by atoms with Gasteiger partial charge < -0.3 is 20.5 Å². The SMILES string of the molecule is COc1ccc(OC)c(NC(=O)Cn2cc(CN)nn2)c1. The zero-order valence-electron chi connectivity index (χ0n) is 11.9. The van der Waals surface area contributed by atoms with Gasteiger partial charge in [0.2, 0.25) is 5.91 Å². The molecule has 3 N–H and O–H groups in total. The van der Waals surface area contributed by atoms with E-state index in [1.165, 1.54) is 11.8 Å². The highest BCUT2D eigenvalue weighted by Gasteiger charge is 2.10. The summed E-state index contributed by atoms with van der Waals surface area (Å²) < 4.78 is 11.7. The lowest BCUT2D eigenvalue weighted by Crippen LogP contribution is -2.19. The first-order valence-electron chi connectivity index (χ1n) is 6.27. The molecule has 0 aliphatic rings. The van der Waals surface area contributed by atoms with Crippen LogP contribution >= 0.6 is 0 Å². The molecule has 0 spiro atoms. The van der Waals surface area contributed by atoms with Gasteiger partial charge in [-0.25, -0.2) is 4.68 Å². The van der Waals surface area contributed by atoms with Crippen molar-refractivity contribution in [1.29, 1.82) is 0 Å². The van der Waals surface area contributed by atoms with Gasteiger partial charge in [-0.2, -0.15) is 0 Å². The number of nitrogens with one attached hydrogen (secondary N) is 1. The van der Waals surface area contributed by atoms with E-state index in [0.717, 1.165) is 0 Å². The second-order valence-electron chi connectivity index (χ2n) is 4.23. The average Bonchev–Trinajstić information content (AvgIpc) is 2.94. The van der Waals surface area contributed by atoms with E-state index in [0.29, 0.717) is 22.9 Å². The van der Waals surface area contributed by atoms with Crippen LogP contribution in [0.2, 0.25) is 0 Å². The van der Waals surface area contributed by atoms with Crippen molar-refractivity contribution in [2.75, 3.05) is 19.5 Å². The molecule has 8 nitrogen and oxygen atoms in total. The molecular weight excluding hydrogens is 274 g/mol. The first kappa shape index (κ1) is 14.8. The molecule has 8 heteroatoms. The Kier molecular flexibility index (Phi) is 4.72. The summed E-state index contributed by atoms with van der Waals surface area (Å²) in [6.45, 7) is 0.318. The fourth-order valence-electron chi connectivity index (χ4n) is 1.76. The Balaban J connectivity index is 2.07. The van der Waals surface area contributed by atoms with Gasteiger partial charge in [0.15, 0.2) is 0 Å². The quantitative estimate of drug-likeness (QED) is 0.798. The van der Waals surface area contributed by atoms with Gasteiger partial charge in [-0.05, 0) is 12.1 Å². The number of carbonyl (C=O) groups excluding carboxylic acids is 1. The minimum absolute atomic E-state index is 0.0351. The van der Waals surface area contributed by atoms with Crippen molar-refractivity contribution in [3.8, 4) is 11.5 Å². The maximum absolute atomic E-state index is 12.0. The van der Waals surface area contributed by atoms with E-state index in [9.17, 15) is 4.79 Å². The number of anilines is 1. The van der Waals surface area contributed by atoms with Crippen LogP contribution in [-0.2, 0) is 17.9 Å². The lowest BCUT2D eigenvalue weighted by Gasteiger charge is -2.11. The molecule has 1 heterocycles. The van der Waals surface area contributed by atoms with Crippen molar-refractivity contribution in [3.63, 3.8) is 0 Å². The standard InChI is InChI=1S/C13H17N5O3/c1-20-10-3-4-12(21-2)11(5-10)15-13(19)8-18-7-9(6-14)16-17-18/h3-5,7H,6,8,14H2,1-2H3,(H,15,19). The molecule has 0 bridgehead atoms. The summed E-state index contributed by atoms with van der Waals surface area (Å²) in [5.74, 6) is 0.915. The molecule has 0 radical (unpaired) electrons. The Hall–Kier alpha value is -2.61. The third kappa shape index (κ3) is 3.69. The summed E-state index contributed by atoms with van der Waals surface area (Å²) in [4.78, 5) is 12.0. The number of nitrogens with two attached hydrogens (primary N) is 1. The van der Waals surface area contributed by atoms with Crippen LogP contribution in [0.15, 0.2) is 24.4 Å². The van der Waals surface area contributed by atoms with Crippen LogP contribution in [0.3, 0.4) is 0 Å². The molecule has 0 atom stereocenters. The summed E-state index contributed by atoms with van der Waals surface area (Å²) in [6, 6.07) is 5.15. The lowest BCUT2D eigenvalue weighted by atomic mass is 10.2. The summed E-state index contributed by atoms with van der Waals surface area (Å²) in [7, 11) is 3.08. The number of rotatable bonds is 6. The first-order valence-corrected chi connectivity index (χ1v) is 6.27. The minimum atomic E-state index is -0.255. The smallest absolute Gasteiger partial charge is 0.246 e. The number of methoxy groups -OCH3 is 2. The minimum Gasteiger partial charge on any atom is -0.497 e. The van der Waals surface area contributed by atoms with Gasteiger partial charge in [0.25, 0.3) is 0 Å². The summed E-state index contributed by atoms with van der Waals surface area (Å²) in [6.07, 6.45) is 1.63. The van der Waals surface area contributed by atoms with Crippen LogP contribution in [0, 0.1) is 0 Å². The maximum atomic E-state index is 12.0. The van der Waals surface area contributed by atoms with E-state index in [4.69, 9.17) is 15.2 Å². The molecular formula is C13H17N5O3. The monoisotopic (exact) mass is 291 g/mol. The predicted octanol–water partition coefficient (Wildman–Crippen LogP) is 0.393. The number of nitrogens with zero attached hydrogens (tertiary/aromatic N) is 3. The topological polar surface area (TPSA) is 104 Å². The van der Waals surface area contributed by atoms with Gasteiger partial charge in [0, 0.05) is 12.6 Å².